The predicted octanol–water partition coefficient (Wildman–Crippen LogP) is 5.66. The summed E-state index contributed by atoms with van der Waals surface area (Å²) in [7, 11) is 0. The smallest absolute Gasteiger partial charge is 0.177 e. The molecule has 0 bridgehead atoms. The van der Waals surface area contributed by atoms with E-state index in [2.05, 4.69) is 82.2 Å². The first kappa shape index (κ1) is 23.9. The summed E-state index contributed by atoms with van der Waals surface area (Å²) in [5.74, 6) is 0. The van der Waals surface area contributed by atoms with Gasteiger partial charge in [-0.2, -0.15) is 10.2 Å². The molecule has 0 spiro atoms. The van der Waals surface area contributed by atoms with Crippen LogP contribution >= 0.6 is 0 Å². The average Bonchev–Trinajstić information content (AvgIpc) is 2.77. The predicted molar refractivity (Wildman–Crippen MR) is 126 cm³/mol. The third-order valence-electron chi connectivity index (χ3n) is 5.28. The average molecular weight is 409 g/mol. The van der Waals surface area contributed by atoms with Crippen LogP contribution in [0.15, 0.2) is 59.3 Å². The van der Waals surface area contributed by atoms with Gasteiger partial charge in [0.15, 0.2) is 24.8 Å². The molecule has 30 heavy (non-hydrogen) atoms. The van der Waals surface area contributed by atoms with Crippen molar-refractivity contribution in [3.05, 3.63) is 60.2 Å². The molecule has 0 aliphatic heterocycles. The summed E-state index contributed by atoms with van der Waals surface area (Å²) in [6.45, 7) is 6.64. The molecule has 0 aromatic carbocycles. The number of unbranched alkanes of at least 4 members (excludes halogenated alkanes) is 8. The van der Waals surface area contributed by atoms with Gasteiger partial charge in [-0.05, 0) is 25.0 Å². The molecule has 0 radical (unpaired) electrons. The lowest BCUT2D eigenvalue weighted by Crippen LogP contribution is -2.33. The molecule has 4 nitrogen and oxygen atoms in total. The van der Waals surface area contributed by atoms with E-state index in [1.54, 1.807) is 0 Å². The van der Waals surface area contributed by atoms with E-state index in [-0.39, 0.29) is 0 Å². The van der Waals surface area contributed by atoms with E-state index < -0.39 is 0 Å². The van der Waals surface area contributed by atoms with Gasteiger partial charge in [0, 0.05) is 25.0 Å². The molecule has 0 aliphatic rings. The second kappa shape index (κ2) is 15.5. The molecule has 162 valence electrons. The lowest BCUT2D eigenvalue weighted by Gasteiger charge is -1.99. The van der Waals surface area contributed by atoms with Crippen LogP contribution in [0.4, 0.5) is 0 Å². The van der Waals surface area contributed by atoms with E-state index in [9.17, 15) is 0 Å². The van der Waals surface area contributed by atoms with Crippen LogP contribution < -0.4 is 9.13 Å². The molecule has 2 aromatic heterocycles. The summed E-state index contributed by atoms with van der Waals surface area (Å²) in [6, 6.07) is 8.30. The summed E-state index contributed by atoms with van der Waals surface area (Å²) in [5, 5.41) is 8.49. The maximum atomic E-state index is 4.25. The molecule has 2 heterocycles. The zero-order chi connectivity index (χ0) is 21.3. The van der Waals surface area contributed by atoms with Crippen LogP contribution in [0.5, 0.6) is 0 Å². The monoisotopic (exact) mass is 408 g/mol. The van der Waals surface area contributed by atoms with E-state index in [0.717, 1.165) is 24.2 Å². The topological polar surface area (TPSA) is 32.5 Å². The normalized spacial score (nSPS) is 11.7. The molecule has 0 aliphatic carbocycles. The van der Waals surface area contributed by atoms with Crippen molar-refractivity contribution < 1.29 is 9.13 Å². The highest BCUT2D eigenvalue weighted by Crippen LogP contribution is 2.03. The Labute approximate surface area is 183 Å². The van der Waals surface area contributed by atoms with Crippen LogP contribution in [0.25, 0.3) is 0 Å². The third kappa shape index (κ3) is 10.4. The zero-order valence-corrected chi connectivity index (χ0v) is 19.0. The van der Waals surface area contributed by atoms with Crippen molar-refractivity contribution in [2.45, 2.75) is 91.1 Å². The van der Waals surface area contributed by atoms with Gasteiger partial charge in [0.05, 0.1) is 23.6 Å². The third-order valence-corrected chi connectivity index (χ3v) is 5.28. The number of pyridine rings is 2. The summed E-state index contributed by atoms with van der Waals surface area (Å²) in [5.41, 5.74) is 2.16. The Balaban J connectivity index is 1.79. The van der Waals surface area contributed by atoms with Gasteiger partial charge in [-0.25, -0.2) is 9.13 Å². The molecule has 0 unspecified atom stereocenters. The fourth-order valence-electron chi connectivity index (χ4n) is 3.51. The zero-order valence-electron chi connectivity index (χ0n) is 19.0. The largest absolute Gasteiger partial charge is 0.204 e. The first-order valence-electron chi connectivity index (χ1n) is 11.9. The first-order valence-corrected chi connectivity index (χ1v) is 11.9. The van der Waals surface area contributed by atoms with Crippen LogP contribution in [0.3, 0.4) is 0 Å². The van der Waals surface area contributed by atoms with E-state index in [0.29, 0.717) is 0 Å². The highest BCUT2D eigenvalue weighted by molar-refractivity contribution is 5.81. The quantitative estimate of drug-likeness (QED) is 0.158. The highest BCUT2D eigenvalue weighted by Gasteiger charge is 2.02. The van der Waals surface area contributed by atoms with Crippen molar-refractivity contribution in [3.8, 4) is 0 Å². The molecule has 0 fully saturated rings. The number of aryl methyl sites for hydroxylation is 2. The van der Waals surface area contributed by atoms with E-state index >= 15 is 0 Å². The van der Waals surface area contributed by atoms with Crippen molar-refractivity contribution in [1.29, 1.82) is 0 Å². The van der Waals surface area contributed by atoms with Gasteiger partial charge >= 0.3 is 0 Å². The Morgan fingerprint density at radius 3 is 1.50 bits per heavy atom. The Hall–Kier alpha value is -2.36. The van der Waals surface area contributed by atoms with Gasteiger partial charge < -0.3 is 0 Å². The van der Waals surface area contributed by atoms with Gasteiger partial charge in [-0.3, -0.25) is 0 Å². The first-order chi connectivity index (χ1) is 14.8. The summed E-state index contributed by atoms with van der Waals surface area (Å²) in [6.07, 6.45) is 25.2. The minimum Gasteiger partial charge on any atom is -0.204 e. The van der Waals surface area contributed by atoms with E-state index in [1.807, 2.05) is 12.4 Å². The summed E-state index contributed by atoms with van der Waals surface area (Å²) >= 11 is 0. The fourth-order valence-corrected chi connectivity index (χ4v) is 3.51. The number of aromatic nitrogens is 2. The fraction of sp³-hybridized carbons (Fsp3) is 0.538. The van der Waals surface area contributed by atoms with Gasteiger partial charge in [-0.1, -0.05) is 52.4 Å². The number of nitrogens with zero attached hydrogens (tertiary/aromatic N) is 4. The standard InChI is InChI=1S/C26H40N4/c1-3-5-7-9-11-17-29-19-13-15-25(23-29)21-27-28-22-26-16-14-20-30(24-26)18-12-10-8-6-4-2/h13-16,19-24H,3-12,17-18H2,1-2H3/q+2/b27-21+,28-22+. The summed E-state index contributed by atoms with van der Waals surface area (Å²) in [4.78, 5) is 0. The number of hydrogen-bond acceptors (Lipinski definition) is 2. The van der Waals surface area contributed by atoms with Crippen molar-refractivity contribution >= 4 is 12.4 Å². The van der Waals surface area contributed by atoms with Crippen LogP contribution in [-0.2, 0) is 13.1 Å². The molecule has 4 heteroatoms. The number of rotatable bonds is 15. The van der Waals surface area contributed by atoms with Crippen LogP contribution in [-0.4, -0.2) is 12.4 Å². The van der Waals surface area contributed by atoms with Crippen molar-refractivity contribution in [2.75, 3.05) is 0 Å². The molecular formula is C26H40N4+2. The van der Waals surface area contributed by atoms with E-state index in [4.69, 9.17) is 0 Å². The minimum absolute atomic E-state index is 1.07. The Morgan fingerprint density at radius 2 is 1.07 bits per heavy atom. The Bertz CT molecular complexity index is 702. The molecule has 2 aromatic rings. The second-order valence-electron chi connectivity index (χ2n) is 8.07. The molecule has 0 amide bonds. The lowest BCUT2D eigenvalue weighted by molar-refractivity contribution is -0.697. The SMILES string of the molecule is CCCCCCC[n+]1cccc(/C=N/N=C/c2ccc[n+](CCCCCCC)c2)c1. The molecule has 0 saturated heterocycles. The highest BCUT2D eigenvalue weighted by atomic mass is 15.2. The maximum Gasteiger partial charge on any atom is 0.177 e. The van der Waals surface area contributed by atoms with Crippen LogP contribution in [0.2, 0.25) is 0 Å². The van der Waals surface area contributed by atoms with Crippen LogP contribution in [0.1, 0.15) is 89.2 Å². The Kier molecular flexibility index (Phi) is 12.3. The second-order valence-corrected chi connectivity index (χ2v) is 8.07. The van der Waals surface area contributed by atoms with Gasteiger partial charge in [0.1, 0.15) is 13.1 Å². The molecule has 0 atom stereocenters. The molecule has 0 N–H and O–H groups in total. The van der Waals surface area contributed by atoms with Crippen molar-refractivity contribution in [2.24, 2.45) is 10.2 Å². The van der Waals surface area contributed by atoms with Gasteiger partial charge in [-0.15, -0.1) is 0 Å². The lowest BCUT2D eigenvalue weighted by atomic mass is 10.1. The molecular weight excluding hydrogens is 368 g/mol. The van der Waals surface area contributed by atoms with Crippen molar-refractivity contribution in [1.82, 2.24) is 0 Å². The minimum atomic E-state index is 1.07. The maximum absolute atomic E-state index is 4.25. The molecule has 0 saturated carbocycles. The van der Waals surface area contributed by atoms with Crippen LogP contribution in [0, 0.1) is 0 Å². The van der Waals surface area contributed by atoms with Crippen molar-refractivity contribution in [3.63, 3.8) is 0 Å². The molecule has 2 rings (SSSR count). The van der Waals surface area contributed by atoms with Gasteiger partial charge in [0.25, 0.3) is 0 Å². The van der Waals surface area contributed by atoms with Gasteiger partial charge in [0.2, 0.25) is 0 Å². The summed E-state index contributed by atoms with van der Waals surface area (Å²) < 4.78 is 4.50. The van der Waals surface area contributed by atoms with E-state index in [1.165, 1.54) is 64.2 Å². The Morgan fingerprint density at radius 1 is 0.633 bits per heavy atom. The number of hydrogen-bond donors (Lipinski definition) is 0.